The van der Waals surface area contributed by atoms with Gasteiger partial charge in [0.1, 0.15) is 12.1 Å². The van der Waals surface area contributed by atoms with Crippen LogP contribution in [-0.2, 0) is 27.2 Å². The quantitative estimate of drug-likeness (QED) is 0.521. The first-order valence-electron chi connectivity index (χ1n) is 9.47. The summed E-state index contributed by atoms with van der Waals surface area (Å²) in [6.07, 6.45) is 1.71. The maximum atomic E-state index is 12.8. The molecule has 0 saturated heterocycles. The maximum absolute atomic E-state index is 12.8. The van der Waals surface area contributed by atoms with E-state index in [1.807, 2.05) is 48.5 Å². The van der Waals surface area contributed by atoms with E-state index in [0.29, 0.717) is 16.7 Å². The number of carbonyl (C=O) groups excluding carboxylic acids is 2. The van der Waals surface area contributed by atoms with Crippen molar-refractivity contribution in [2.24, 2.45) is 0 Å². The third-order valence-electron chi connectivity index (χ3n) is 4.50. The van der Waals surface area contributed by atoms with Crippen LogP contribution in [0.2, 0.25) is 0 Å². The number of carboxylic acid groups (broad SMARTS) is 1. The van der Waals surface area contributed by atoms with Crippen molar-refractivity contribution in [1.29, 1.82) is 0 Å². The number of carbonyl (C=O) groups is 3. The number of nitrogens with zero attached hydrogens (tertiary/aromatic N) is 2. The number of nitrogens with one attached hydrogen (secondary N) is 2. The Morgan fingerprint density at radius 3 is 2.23 bits per heavy atom. The van der Waals surface area contributed by atoms with Crippen molar-refractivity contribution in [2.75, 3.05) is 0 Å². The first-order valence-corrected chi connectivity index (χ1v) is 9.47. The second-order valence-corrected chi connectivity index (χ2v) is 6.90. The van der Waals surface area contributed by atoms with Gasteiger partial charge in [0.2, 0.25) is 11.8 Å². The summed E-state index contributed by atoms with van der Waals surface area (Å²) in [5.74, 6) is -2.15. The smallest absolute Gasteiger partial charge is 0.326 e. The number of fused-ring (bicyclic) bond motifs is 1. The van der Waals surface area contributed by atoms with Gasteiger partial charge in [-0.15, -0.1) is 0 Å². The lowest BCUT2D eigenvalue weighted by Crippen LogP contribution is -2.52. The minimum atomic E-state index is -1.21. The van der Waals surface area contributed by atoms with Gasteiger partial charge in [0.05, 0.1) is 16.7 Å². The number of rotatable bonds is 8. The Balaban J connectivity index is 1.74. The van der Waals surface area contributed by atoms with E-state index in [4.69, 9.17) is 0 Å². The highest BCUT2D eigenvalue weighted by Crippen LogP contribution is 2.10. The number of para-hydroxylation sites is 2. The maximum Gasteiger partial charge on any atom is 0.326 e. The number of benzene rings is 2. The van der Waals surface area contributed by atoms with Gasteiger partial charge in [-0.05, 0) is 17.7 Å². The second-order valence-electron chi connectivity index (χ2n) is 6.90. The van der Waals surface area contributed by atoms with Gasteiger partial charge < -0.3 is 15.7 Å². The van der Waals surface area contributed by atoms with Gasteiger partial charge in [-0.3, -0.25) is 14.6 Å². The third kappa shape index (κ3) is 5.60. The van der Waals surface area contributed by atoms with Crippen molar-refractivity contribution < 1.29 is 19.5 Å². The first-order chi connectivity index (χ1) is 14.4. The Morgan fingerprint density at radius 1 is 0.900 bits per heavy atom. The van der Waals surface area contributed by atoms with Gasteiger partial charge in [0.25, 0.3) is 0 Å². The molecule has 0 unspecified atom stereocenters. The number of aromatic nitrogens is 2. The Kier molecular flexibility index (Phi) is 6.69. The van der Waals surface area contributed by atoms with E-state index in [1.54, 1.807) is 6.07 Å². The minimum Gasteiger partial charge on any atom is -0.480 e. The van der Waals surface area contributed by atoms with E-state index in [2.05, 4.69) is 20.6 Å². The molecule has 0 radical (unpaired) electrons. The third-order valence-corrected chi connectivity index (χ3v) is 4.50. The summed E-state index contributed by atoms with van der Waals surface area (Å²) in [5, 5.41) is 14.7. The second kappa shape index (κ2) is 9.60. The number of aliphatic carboxylic acids is 1. The molecule has 1 aromatic heterocycles. The lowest BCUT2D eigenvalue weighted by Gasteiger charge is -2.21. The highest BCUT2D eigenvalue weighted by atomic mass is 16.4. The fourth-order valence-electron chi connectivity index (χ4n) is 3.08. The van der Waals surface area contributed by atoms with Crippen LogP contribution in [0.1, 0.15) is 18.2 Å². The Hall–Kier alpha value is -3.81. The van der Waals surface area contributed by atoms with Crippen LogP contribution in [0.4, 0.5) is 0 Å². The summed E-state index contributed by atoms with van der Waals surface area (Å²) in [6.45, 7) is 1.31. The summed E-state index contributed by atoms with van der Waals surface area (Å²) in [5.41, 5.74) is 2.63. The molecule has 3 rings (SSSR count). The molecule has 3 N–H and O–H groups in total. The summed E-state index contributed by atoms with van der Waals surface area (Å²) in [4.78, 5) is 44.8. The molecular weight excluding hydrogens is 384 g/mol. The van der Waals surface area contributed by atoms with Crippen LogP contribution >= 0.6 is 0 Å². The zero-order valence-electron chi connectivity index (χ0n) is 16.4. The minimum absolute atomic E-state index is 0.0307. The molecular formula is C22H22N4O4. The van der Waals surface area contributed by atoms with Crippen LogP contribution < -0.4 is 10.6 Å². The first kappa shape index (κ1) is 20.9. The molecule has 0 saturated carbocycles. The molecule has 30 heavy (non-hydrogen) atoms. The molecule has 1 heterocycles. The van der Waals surface area contributed by atoms with Gasteiger partial charge in [-0.2, -0.15) is 0 Å². The Bertz CT molecular complexity index is 1060. The molecule has 0 bridgehead atoms. The lowest BCUT2D eigenvalue weighted by molar-refractivity contribution is -0.142. The summed E-state index contributed by atoms with van der Waals surface area (Å²) < 4.78 is 0. The van der Waals surface area contributed by atoms with Gasteiger partial charge in [0.15, 0.2) is 0 Å². The monoisotopic (exact) mass is 406 g/mol. The molecule has 0 aliphatic rings. The molecule has 154 valence electrons. The van der Waals surface area contributed by atoms with Crippen LogP contribution in [0.25, 0.3) is 11.0 Å². The number of amides is 2. The highest BCUT2D eigenvalue weighted by molar-refractivity contribution is 5.90. The van der Waals surface area contributed by atoms with E-state index < -0.39 is 24.0 Å². The van der Waals surface area contributed by atoms with E-state index in [0.717, 1.165) is 5.56 Å². The zero-order valence-corrected chi connectivity index (χ0v) is 16.4. The number of hydrogen-bond donors (Lipinski definition) is 3. The lowest BCUT2D eigenvalue weighted by atomic mass is 10.0. The van der Waals surface area contributed by atoms with Crippen molar-refractivity contribution >= 4 is 28.8 Å². The molecule has 3 aromatic rings. The van der Waals surface area contributed by atoms with Crippen LogP contribution in [0.5, 0.6) is 0 Å². The average molecular weight is 406 g/mol. The summed E-state index contributed by atoms with van der Waals surface area (Å²) in [6, 6.07) is 14.3. The summed E-state index contributed by atoms with van der Waals surface area (Å²) >= 11 is 0. The van der Waals surface area contributed by atoms with Gasteiger partial charge in [-0.25, -0.2) is 9.78 Å². The van der Waals surface area contributed by atoms with E-state index in [1.165, 1.54) is 13.1 Å². The van der Waals surface area contributed by atoms with Crippen LogP contribution in [0.15, 0.2) is 60.8 Å². The van der Waals surface area contributed by atoms with Crippen molar-refractivity contribution in [3.05, 3.63) is 72.1 Å². The zero-order chi connectivity index (χ0) is 21.5. The largest absolute Gasteiger partial charge is 0.480 e. The van der Waals surface area contributed by atoms with Gasteiger partial charge in [0, 0.05) is 26.0 Å². The van der Waals surface area contributed by atoms with Crippen molar-refractivity contribution in [3.8, 4) is 0 Å². The molecule has 2 aromatic carbocycles. The predicted molar refractivity (Wildman–Crippen MR) is 111 cm³/mol. The highest BCUT2D eigenvalue weighted by Gasteiger charge is 2.27. The molecule has 0 spiro atoms. The standard InChI is InChI=1S/C22H22N4O4/c1-14(27)24-19(11-15-7-3-2-4-8-15)21(28)26-20(22(29)30)12-16-13-23-17-9-5-6-10-18(17)25-16/h2-10,13,19-20H,11-12H2,1H3,(H,24,27)(H,26,28)(H,29,30)/t19-,20+/m0/s1. The SMILES string of the molecule is CC(=O)N[C@@H](Cc1ccccc1)C(=O)N[C@H](Cc1cnc2ccccc2n1)C(=O)O. The van der Waals surface area contributed by atoms with E-state index >= 15 is 0 Å². The van der Waals surface area contributed by atoms with Crippen LogP contribution in [-0.4, -0.2) is 44.9 Å². The normalized spacial score (nSPS) is 12.7. The summed E-state index contributed by atoms with van der Waals surface area (Å²) in [7, 11) is 0. The molecule has 8 nitrogen and oxygen atoms in total. The topological polar surface area (TPSA) is 121 Å². The molecule has 8 heteroatoms. The van der Waals surface area contributed by atoms with Crippen LogP contribution in [0.3, 0.4) is 0 Å². The number of hydrogen-bond acceptors (Lipinski definition) is 5. The van der Waals surface area contributed by atoms with E-state index in [9.17, 15) is 19.5 Å². The fraction of sp³-hybridized carbons (Fsp3) is 0.227. The molecule has 0 aliphatic carbocycles. The van der Waals surface area contributed by atoms with Gasteiger partial charge in [-0.1, -0.05) is 42.5 Å². The Morgan fingerprint density at radius 2 is 1.57 bits per heavy atom. The Labute approximate surface area is 173 Å². The van der Waals surface area contributed by atoms with Gasteiger partial charge >= 0.3 is 5.97 Å². The van der Waals surface area contributed by atoms with Crippen molar-refractivity contribution in [3.63, 3.8) is 0 Å². The van der Waals surface area contributed by atoms with Crippen molar-refractivity contribution in [1.82, 2.24) is 20.6 Å². The van der Waals surface area contributed by atoms with Crippen LogP contribution in [0, 0.1) is 0 Å². The predicted octanol–water partition coefficient (Wildman–Crippen LogP) is 1.49. The number of carboxylic acids is 1. The molecule has 0 aliphatic heterocycles. The molecule has 2 amide bonds. The molecule has 0 fully saturated rings. The molecule has 2 atom stereocenters. The average Bonchev–Trinajstić information content (AvgIpc) is 2.73. The fourth-order valence-corrected chi connectivity index (χ4v) is 3.08. The van der Waals surface area contributed by atoms with E-state index in [-0.39, 0.29) is 18.7 Å². The van der Waals surface area contributed by atoms with Crippen molar-refractivity contribution in [2.45, 2.75) is 31.8 Å².